The predicted octanol–water partition coefficient (Wildman–Crippen LogP) is 2.63. The number of ether oxygens (including phenoxy) is 1. The van der Waals surface area contributed by atoms with Crippen molar-refractivity contribution in [3.05, 3.63) is 0 Å². The fourth-order valence-corrected chi connectivity index (χ4v) is 4.73. The largest absolute Gasteiger partial charge is 0.397 e. The summed E-state index contributed by atoms with van der Waals surface area (Å²) in [6, 6.07) is 1.16. The lowest BCUT2D eigenvalue weighted by Crippen LogP contribution is -2.23. The zero-order valence-corrected chi connectivity index (χ0v) is 12.3. The molecule has 3 atom stereocenters. The van der Waals surface area contributed by atoms with Gasteiger partial charge in [0, 0.05) is 13.2 Å². The van der Waals surface area contributed by atoms with Crippen molar-refractivity contribution in [3.8, 4) is 0 Å². The van der Waals surface area contributed by atoms with Crippen LogP contribution in [0.1, 0.15) is 46.0 Å². The maximum Gasteiger partial charge on any atom is 0.321 e. The summed E-state index contributed by atoms with van der Waals surface area (Å²) in [5, 5.41) is 0. The van der Waals surface area contributed by atoms with Gasteiger partial charge in [0.25, 0.3) is 0 Å². The number of hydrogen-bond donors (Lipinski definition) is 0. The summed E-state index contributed by atoms with van der Waals surface area (Å²) < 4.78 is 17.1. The van der Waals surface area contributed by atoms with Crippen molar-refractivity contribution >= 4 is 9.28 Å². The van der Waals surface area contributed by atoms with Crippen molar-refractivity contribution in [3.63, 3.8) is 0 Å². The third-order valence-electron chi connectivity index (χ3n) is 3.87. The highest BCUT2D eigenvalue weighted by Crippen LogP contribution is 2.42. The van der Waals surface area contributed by atoms with Gasteiger partial charge in [0.05, 0.1) is 12.2 Å². The van der Waals surface area contributed by atoms with Crippen molar-refractivity contribution in [2.24, 2.45) is 5.92 Å². The van der Waals surface area contributed by atoms with Gasteiger partial charge in [0.1, 0.15) is 0 Å². The summed E-state index contributed by atoms with van der Waals surface area (Å²) in [7, 11) is -1.35. The molecule has 100 valence electrons. The maximum atomic E-state index is 5.69. The standard InChI is InChI=1S/C13H26O3Si/c1-3-14-17(15-4-2)10-6-8-11-7-5-9-12-13(11)16-12/h11-13,17H,3-10H2,1-2H3. The van der Waals surface area contributed by atoms with Gasteiger partial charge in [-0.3, -0.25) is 0 Å². The molecule has 0 aromatic heterocycles. The van der Waals surface area contributed by atoms with E-state index in [9.17, 15) is 0 Å². The first kappa shape index (κ1) is 13.5. The number of epoxide rings is 1. The maximum absolute atomic E-state index is 5.69. The van der Waals surface area contributed by atoms with E-state index in [4.69, 9.17) is 13.6 Å². The minimum Gasteiger partial charge on any atom is -0.397 e. The molecule has 0 aromatic carbocycles. The molecule has 1 saturated heterocycles. The lowest BCUT2D eigenvalue weighted by atomic mass is 9.86. The molecular weight excluding hydrogens is 232 g/mol. The first-order valence-corrected chi connectivity index (χ1v) is 8.99. The van der Waals surface area contributed by atoms with E-state index in [0.29, 0.717) is 12.2 Å². The molecule has 4 heteroatoms. The van der Waals surface area contributed by atoms with Gasteiger partial charge >= 0.3 is 9.28 Å². The molecule has 1 heterocycles. The highest BCUT2D eigenvalue weighted by molar-refractivity contribution is 6.44. The Bertz CT molecular complexity index is 219. The van der Waals surface area contributed by atoms with Gasteiger partial charge in [0.2, 0.25) is 0 Å². The molecule has 3 unspecified atom stereocenters. The second kappa shape index (κ2) is 6.88. The smallest absolute Gasteiger partial charge is 0.321 e. The SMILES string of the molecule is CCO[SiH](CCCC1CCCC2OC12)OCC. The van der Waals surface area contributed by atoms with Gasteiger partial charge in [-0.15, -0.1) is 0 Å². The summed E-state index contributed by atoms with van der Waals surface area (Å²) in [6.45, 7) is 5.72. The van der Waals surface area contributed by atoms with Crippen molar-refractivity contribution < 1.29 is 13.6 Å². The summed E-state index contributed by atoms with van der Waals surface area (Å²) in [4.78, 5) is 0. The Morgan fingerprint density at radius 2 is 1.94 bits per heavy atom. The van der Waals surface area contributed by atoms with Crippen LogP contribution in [0.4, 0.5) is 0 Å². The lowest BCUT2D eigenvalue weighted by Gasteiger charge is -2.19. The van der Waals surface area contributed by atoms with Crippen LogP contribution in [0, 0.1) is 5.92 Å². The average molecular weight is 258 g/mol. The number of rotatable bonds is 8. The van der Waals surface area contributed by atoms with Crippen molar-refractivity contribution in [1.82, 2.24) is 0 Å². The fraction of sp³-hybridized carbons (Fsp3) is 1.00. The molecule has 0 aromatic rings. The van der Waals surface area contributed by atoms with Crippen LogP contribution in [-0.4, -0.2) is 34.7 Å². The Balaban J connectivity index is 1.60. The van der Waals surface area contributed by atoms with Gasteiger partial charge in [-0.1, -0.05) is 12.8 Å². The van der Waals surface area contributed by atoms with E-state index < -0.39 is 9.28 Å². The molecule has 3 nitrogen and oxygen atoms in total. The second-order valence-corrected chi connectivity index (χ2v) is 7.20. The average Bonchev–Trinajstić information content (AvgIpc) is 3.09. The molecule has 0 spiro atoms. The van der Waals surface area contributed by atoms with Gasteiger partial charge in [-0.2, -0.15) is 0 Å². The van der Waals surface area contributed by atoms with E-state index >= 15 is 0 Å². The minimum atomic E-state index is -1.35. The predicted molar refractivity (Wildman–Crippen MR) is 70.4 cm³/mol. The highest BCUT2D eigenvalue weighted by Gasteiger charge is 2.46. The second-order valence-electron chi connectivity index (χ2n) is 5.10. The molecule has 2 fully saturated rings. The molecule has 2 rings (SSSR count). The fourth-order valence-electron chi connectivity index (χ4n) is 2.99. The molecule has 0 bridgehead atoms. The van der Waals surface area contributed by atoms with E-state index in [0.717, 1.165) is 25.2 Å². The van der Waals surface area contributed by atoms with E-state index in [2.05, 4.69) is 13.8 Å². The minimum absolute atomic E-state index is 0.614. The Hall–Kier alpha value is 0.0969. The van der Waals surface area contributed by atoms with Crippen LogP contribution in [0.25, 0.3) is 0 Å². The summed E-state index contributed by atoms with van der Waals surface area (Å²) in [5.41, 5.74) is 0. The normalized spacial score (nSPS) is 31.6. The topological polar surface area (TPSA) is 31.0 Å². The molecule has 17 heavy (non-hydrogen) atoms. The molecule has 1 saturated carbocycles. The van der Waals surface area contributed by atoms with Gasteiger partial charge in [-0.05, 0) is 45.1 Å². The van der Waals surface area contributed by atoms with Crippen molar-refractivity contribution in [1.29, 1.82) is 0 Å². The van der Waals surface area contributed by atoms with Crippen LogP contribution in [0.2, 0.25) is 6.04 Å². The Kier molecular flexibility index (Phi) is 5.47. The summed E-state index contributed by atoms with van der Waals surface area (Å²) in [5.74, 6) is 0.826. The van der Waals surface area contributed by atoms with Crippen LogP contribution < -0.4 is 0 Å². The molecule has 0 amide bonds. The van der Waals surface area contributed by atoms with Crippen molar-refractivity contribution in [2.45, 2.75) is 64.2 Å². The molecule has 2 aliphatic rings. The van der Waals surface area contributed by atoms with Crippen LogP contribution in [0.5, 0.6) is 0 Å². The van der Waals surface area contributed by atoms with Crippen molar-refractivity contribution in [2.75, 3.05) is 13.2 Å². The first-order valence-electron chi connectivity index (χ1n) is 7.23. The molecular formula is C13H26O3Si. The molecule has 1 aliphatic carbocycles. The third-order valence-corrected chi connectivity index (χ3v) is 6.16. The molecule has 0 radical (unpaired) electrons. The highest BCUT2D eigenvalue weighted by atomic mass is 28.3. The van der Waals surface area contributed by atoms with Crippen LogP contribution in [0.3, 0.4) is 0 Å². The van der Waals surface area contributed by atoms with Gasteiger partial charge in [0.15, 0.2) is 0 Å². The monoisotopic (exact) mass is 258 g/mol. The molecule has 1 aliphatic heterocycles. The van der Waals surface area contributed by atoms with Gasteiger partial charge < -0.3 is 13.6 Å². The van der Waals surface area contributed by atoms with Crippen LogP contribution in [-0.2, 0) is 13.6 Å². The van der Waals surface area contributed by atoms with E-state index in [1.54, 1.807) is 0 Å². The Morgan fingerprint density at radius 1 is 1.18 bits per heavy atom. The zero-order valence-electron chi connectivity index (χ0n) is 11.2. The van der Waals surface area contributed by atoms with Crippen LogP contribution in [0.15, 0.2) is 0 Å². The number of fused-ring (bicyclic) bond motifs is 1. The zero-order chi connectivity index (χ0) is 12.1. The van der Waals surface area contributed by atoms with E-state index in [-0.39, 0.29) is 0 Å². The Labute approximate surface area is 107 Å². The van der Waals surface area contributed by atoms with E-state index in [1.807, 2.05) is 0 Å². The third kappa shape index (κ3) is 4.05. The first-order chi connectivity index (χ1) is 8.35. The molecule has 0 N–H and O–H groups in total. The number of hydrogen-bond acceptors (Lipinski definition) is 3. The summed E-state index contributed by atoms with van der Waals surface area (Å²) in [6.07, 6.45) is 7.85. The quantitative estimate of drug-likeness (QED) is 0.495. The lowest BCUT2D eigenvalue weighted by molar-refractivity contribution is 0.211. The van der Waals surface area contributed by atoms with Gasteiger partial charge in [-0.25, -0.2) is 0 Å². The van der Waals surface area contributed by atoms with E-state index in [1.165, 1.54) is 32.1 Å². The Morgan fingerprint density at radius 3 is 2.65 bits per heavy atom. The summed E-state index contributed by atoms with van der Waals surface area (Å²) >= 11 is 0. The van der Waals surface area contributed by atoms with Crippen LogP contribution >= 0.6 is 0 Å².